The molecule has 13 aromatic rings. The van der Waals surface area contributed by atoms with Crippen LogP contribution in [0, 0.1) is 0 Å². The molecule has 0 N–H and O–H groups in total. The number of fused-ring (bicyclic) bond motifs is 9. The molecule has 4 nitrogen and oxygen atoms in total. The van der Waals surface area contributed by atoms with Gasteiger partial charge < -0.3 is 4.42 Å². The van der Waals surface area contributed by atoms with Crippen LogP contribution in [0.3, 0.4) is 0 Å². The first-order chi connectivity index (χ1) is 31.2. The molecule has 9 aromatic carbocycles. The third-order valence-electron chi connectivity index (χ3n) is 12.2. The first-order valence-electron chi connectivity index (χ1n) is 21.0. The molecule has 63 heavy (non-hydrogen) atoms. The summed E-state index contributed by atoms with van der Waals surface area (Å²) < 4.78 is 11.8. The highest BCUT2D eigenvalue weighted by Gasteiger charge is 2.21. The van der Waals surface area contributed by atoms with E-state index in [0.717, 1.165) is 55.3 Å². The van der Waals surface area contributed by atoms with Crippen molar-refractivity contribution in [2.75, 3.05) is 0 Å². The first-order valence-corrected chi connectivity index (χ1v) is 22.6. The Labute approximate surface area is 370 Å². The van der Waals surface area contributed by atoms with Crippen LogP contribution in [0.2, 0.25) is 0 Å². The van der Waals surface area contributed by atoms with Crippen LogP contribution in [-0.4, -0.2) is 15.0 Å². The molecule has 0 bridgehead atoms. The lowest BCUT2D eigenvalue weighted by molar-refractivity contribution is 0.669. The minimum Gasteiger partial charge on any atom is -0.456 e. The van der Waals surface area contributed by atoms with Crippen molar-refractivity contribution in [3.05, 3.63) is 200 Å². The Morgan fingerprint density at radius 2 is 0.841 bits per heavy atom. The zero-order valence-corrected chi connectivity index (χ0v) is 35.3. The minimum atomic E-state index is 0.592. The monoisotopic (exact) mass is 839 g/mol. The molecule has 0 spiro atoms. The predicted molar refractivity (Wildman–Crippen MR) is 265 cm³/mol. The van der Waals surface area contributed by atoms with Gasteiger partial charge in [0.05, 0.1) is 0 Å². The number of nitrogens with zero attached hydrogens (tertiary/aromatic N) is 3. The van der Waals surface area contributed by atoms with Crippen molar-refractivity contribution in [1.29, 1.82) is 0 Å². The fourth-order valence-corrected chi connectivity index (χ4v) is 11.5. The van der Waals surface area contributed by atoms with E-state index in [1.807, 2.05) is 71.2 Å². The number of thiophene rings is 2. The molecule has 0 unspecified atom stereocenters. The molecule has 4 heterocycles. The summed E-state index contributed by atoms with van der Waals surface area (Å²) >= 11 is 3.72. The molecule has 0 aliphatic carbocycles. The number of rotatable bonds is 6. The Balaban J connectivity index is 0.990. The molecule has 4 aromatic heterocycles. The van der Waals surface area contributed by atoms with Crippen LogP contribution in [0.15, 0.2) is 205 Å². The van der Waals surface area contributed by atoms with Gasteiger partial charge in [0.25, 0.3) is 0 Å². The molecule has 6 heteroatoms. The van der Waals surface area contributed by atoms with Crippen LogP contribution in [-0.2, 0) is 0 Å². The molecule has 0 aliphatic heterocycles. The van der Waals surface area contributed by atoms with E-state index in [9.17, 15) is 0 Å². The SMILES string of the molecule is c1ccc(-c2cccc(-c3nc(-c4ccccc4)nc(-c4cccc5oc6ccc(-c7cccc8sc9cccc(-c%10ccc%11c(c%10)sc%10ccccc%10%11)c9c78)cc6c45)n3)c2)cc1. The zero-order chi connectivity index (χ0) is 41.4. The summed E-state index contributed by atoms with van der Waals surface area (Å²) in [5, 5.41) is 7.17. The van der Waals surface area contributed by atoms with Crippen molar-refractivity contribution in [2.24, 2.45) is 0 Å². The molecule has 294 valence electrons. The van der Waals surface area contributed by atoms with Gasteiger partial charge in [0.15, 0.2) is 17.5 Å². The topological polar surface area (TPSA) is 51.8 Å². The summed E-state index contributed by atoms with van der Waals surface area (Å²) in [4.78, 5) is 15.5. The van der Waals surface area contributed by atoms with Crippen molar-refractivity contribution in [3.8, 4) is 67.5 Å². The van der Waals surface area contributed by atoms with Gasteiger partial charge >= 0.3 is 0 Å². The third-order valence-corrected chi connectivity index (χ3v) is 14.4. The van der Waals surface area contributed by atoms with Crippen LogP contribution < -0.4 is 0 Å². The van der Waals surface area contributed by atoms with E-state index in [4.69, 9.17) is 19.4 Å². The third kappa shape index (κ3) is 5.98. The Morgan fingerprint density at radius 1 is 0.286 bits per heavy atom. The van der Waals surface area contributed by atoms with E-state index >= 15 is 0 Å². The Hall–Kier alpha value is -7.77. The second-order valence-electron chi connectivity index (χ2n) is 15.9. The predicted octanol–water partition coefficient (Wildman–Crippen LogP) is 16.5. The molecule has 0 radical (unpaired) electrons. The van der Waals surface area contributed by atoms with E-state index in [0.29, 0.717) is 17.5 Å². The standard InChI is InChI=1S/C57H33N3OS2/c1-3-13-34(14-4-1)36-17-9-18-39(31-36)56-58-55(35-15-5-2-6-16-35)59-57(60-56)44-22-10-23-47-52(44)45-32-37(28-30-46(45)61-47)40-20-11-25-49-53(40)54-41(21-12-26-50(54)63-49)38-27-29-43-42-19-7-8-24-48(42)62-51(43)33-38/h1-33H. The quantitative estimate of drug-likeness (QED) is 0.167. The highest BCUT2D eigenvalue weighted by atomic mass is 32.1. The number of furan rings is 1. The van der Waals surface area contributed by atoms with Gasteiger partial charge in [-0.25, -0.2) is 15.0 Å². The summed E-state index contributed by atoms with van der Waals surface area (Å²) in [6.45, 7) is 0. The van der Waals surface area contributed by atoms with Gasteiger partial charge in [-0.1, -0.05) is 152 Å². The highest BCUT2D eigenvalue weighted by Crippen LogP contribution is 2.47. The van der Waals surface area contributed by atoms with Crippen molar-refractivity contribution < 1.29 is 4.42 Å². The average molecular weight is 840 g/mol. The van der Waals surface area contributed by atoms with Gasteiger partial charge in [-0.15, -0.1) is 22.7 Å². The van der Waals surface area contributed by atoms with Gasteiger partial charge in [-0.2, -0.15) is 0 Å². The molecular formula is C57H33N3OS2. The summed E-state index contributed by atoms with van der Waals surface area (Å²) in [5.41, 5.74) is 11.4. The molecule has 0 saturated heterocycles. The van der Waals surface area contributed by atoms with Crippen LogP contribution in [0.1, 0.15) is 0 Å². The van der Waals surface area contributed by atoms with Crippen LogP contribution in [0.4, 0.5) is 0 Å². The summed E-state index contributed by atoms with van der Waals surface area (Å²) in [6, 6.07) is 70.9. The van der Waals surface area contributed by atoms with Crippen molar-refractivity contribution in [1.82, 2.24) is 15.0 Å². The van der Waals surface area contributed by atoms with E-state index in [2.05, 4.69) is 152 Å². The van der Waals surface area contributed by atoms with Gasteiger partial charge in [-0.05, 0) is 81.9 Å². The summed E-state index contributed by atoms with van der Waals surface area (Å²) in [7, 11) is 0. The average Bonchev–Trinajstić information content (AvgIpc) is 4.05. The second kappa shape index (κ2) is 14.4. The lowest BCUT2D eigenvalue weighted by Gasteiger charge is -2.11. The zero-order valence-electron chi connectivity index (χ0n) is 33.6. The maximum Gasteiger partial charge on any atom is 0.164 e. The fraction of sp³-hybridized carbons (Fsp3) is 0. The van der Waals surface area contributed by atoms with Crippen molar-refractivity contribution in [3.63, 3.8) is 0 Å². The maximum atomic E-state index is 6.61. The molecule has 0 aliphatic rings. The normalized spacial score (nSPS) is 11.8. The molecule has 0 saturated carbocycles. The molecule has 0 amide bonds. The van der Waals surface area contributed by atoms with Gasteiger partial charge in [-0.3, -0.25) is 0 Å². The van der Waals surface area contributed by atoms with Gasteiger partial charge in [0.2, 0.25) is 0 Å². The molecule has 0 fully saturated rings. The lowest BCUT2D eigenvalue weighted by atomic mass is 9.93. The van der Waals surface area contributed by atoms with E-state index in [-0.39, 0.29) is 0 Å². The number of hydrogen-bond acceptors (Lipinski definition) is 6. The summed E-state index contributed by atoms with van der Waals surface area (Å²) in [5.74, 6) is 1.82. The second-order valence-corrected chi connectivity index (χ2v) is 18.0. The van der Waals surface area contributed by atoms with Crippen LogP contribution in [0.5, 0.6) is 0 Å². The maximum absolute atomic E-state index is 6.61. The minimum absolute atomic E-state index is 0.592. The number of aromatic nitrogens is 3. The van der Waals surface area contributed by atoms with Crippen LogP contribution in [0.25, 0.3) is 130 Å². The fourth-order valence-electron chi connectivity index (χ4n) is 9.23. The number of benzene rings is 9. The lowest BCUT2D eigenvalue weighted by Crippen LogP contribution is -2.00. The molecule has 0 atom stereocenters. The van der Waals surface area contributed by atoms with E-state index < -0.39 is 0 Å². The Bertz CT molecular complexity index is 3920. The first kappa shape index (κ1) is 35.9. The van der Waals surface area contributed by atoms with E-state index in [1.165, 1.54) is 57.0 Å². The van der Waals surface area contributed by atoms with Crippen LogP contribution >= 0.6 is 22.7 Å². The van der Waals surface area contributed by atoms with Gasteiger partial charge in [0, 0.05) is 67.8 Å². The highest BCUT2D eigenvalue weighted by molar-refractivity contribution is 7.26. The van der Waals surface area contributed by atoms with E-state index in [1.54, 1.807) is 0 Å². The van der Waals surface area contributed by atoms with Crippen molar-refractivity contribution >= 4 is 85.0 Å². The van der Waals surface area contributed by atoms with Crippen molar-refractivity contribution in [2.45, 2.75) is 0 Å². The Kier molecular flexibility index (Phi) is 8.22. The summed E-state index contributed by atoms with van der Waals surface area (Å²) in [6.07, 6.45) is 0. The largest absolute Gasteiger partial charge is 0.456 e. The van der Waals surface area contributed by atoms with Gasteiger partial charge in [0.1, 0.15) is 11.2 Å². The smallest absolute Gasteiger partial charge is 0.164 e. The molecular weight excluding hydrogens is 807 g/mol. The number of hydrogen-bond donors (Lipinski definition) is 0. The Morgan fingerprint density at radius 3 is 1.63 bits per heavy atom. The molecule has 13 rings (SSSR count).